The zero-order valence-electron chi connectivity index (χ0n) is 11.3. The van der Waals surface area contributed by atoms with E-state index in [4.69, 9.17) is 4.74 Å². The van der Waals surface area contributed by atoms with E-state index in [0.29, 0.717) is 13.2 Å². The third-order valence-corrected chi connectivity index (χ3v) is 4.49. The van der Waals surface area contributed by atoms with E-state index in [9.17, 15) is 0 Å². The summed E-state index contributed by atoms with van der Waals surface area (Å²) in [6, 6.07) is 13.9. The van der Waals surface area contributed by atoms with Gasteiger partial charge in [-0.15, -0.1) is 16.4 Å². The fourth-order valence-electron chi connectivity index (χ4n) is 1.76. The van der Waals surface area contributed by atoms with E-state index in [1.807, 2.05) is 41.1 Å². The second-order valence-electron chi connectivity index (χ2n) is 4.21. The molecule has 108 valence electrons. The quantitative estimate of drug-likeness (QED) is 0.495. The molecule has 0 amide bonds. The van der Waals surface area contributed by atoms with Crippen molar-refractivity contribution in [1.29, 1.82) is 0 Å². The van der Waals surface area contributed by atoms with Crippen LogP contribution in [0.2, 0.25) is 0 Å². The number of thiophene rings is 1. The number of ether oxygens (including phenoxy) is 1. The summed E-state index contributed by atoms with van der Waals surface area (Å²) >= 11 is 3.31. The van der Waals surface area contributed by atoms with Crippen LogP contribution < -0.4 is 4.74 Å². The van der Waals surface area contributed by atoms with Crippen molar-refractivity contribution in [2.45, 2.75) is 11.7 Å². The van der Waals surface area contributed by atoms with Gasteiger partial charge in [-0.05, 0) is 34.0 Å². The van der Waals surface area contributed by atoms with Crippen LogP contribution in [-0.2, 0) is 6.54 Å². The van der Waals surface area contributed by atoms with E-state index in [0.717, 1.165) is 16.7 Å². The number of thioether (sulfide) groups is 1. The Morgan fingerprint density at radius 1 is 1.14 bits per heavy atom. The van der Waals surface area contributed by atoms with Gasteiger partial charge in [-0.25, -0.2) is 4.68 Å². The van der Waals surface area contributed by atoms with Crippen molar-refractivity contribution in [1.82, 2.24) is 20.2 Å². The van der Waals surface area contributed by atoms with E-state index in [1.54, 1.807) is 23.1 Å². The molecule has 3 rings (SSSR count). The van der Waals surface area contributed by atoms with Crippen LogP contribution >= 0.6 is 23.1 Å². The van der Waals surface area contributed by atoms with Gasteiger partial charge in [0, 0.05) is 10.6 Å². The minimum Gasteiger partial charge on any atom is -0.493 e. The van der Waals surface area contributed by atoms with Crippen LogP contribution in [0.25, 0.3) is 0 Å². The Hall–Kier alpha value is -1.86. The van der Waals surface area contributed by atoms with Gasteiger partial charge in [0.1, 0.15) is 5.75 Å². The van der Waals surface area contributed by atoms with Crippen molar-refractivity contribution in [3.8, 4) is 5.75 Å². The smallest absolute Gasteiger partial charge is 0.209 e. The van der Waals surface area contributed by atoms with Crippen molar-refractivity contribution in [2.75, 3.05) is 12.4 Å². The first-order valence-corrected chi connectivity index (χ1v) is 8.37. The standard InChI is InChI=1S/C14H14N4OS2/c1-2-5-12(6-3-1)19-8-10-21-14-15-16-17-18(14)11-13-7-4-9-20-13/h1-7,9H,8,10-11H2. The summed E-state index contributed by atoms with van der Waals surface area (Å²) < 4.78 is 7.47. The molecule has 0 atom stereocenters. The number of aromatic nitrogens is 4. The van der Waals surface area contributed by atoms with Crippen molar-refractivity contribution in [3.05, 3.63) is 52.7 Å². The van der Waals surface area contributed by atoms with E-state index < -0.39 is 0 Å². The lowest BCUT2D eigenvalue weighted by molar-refractivity contribution is 0.344. The highest BCUT2D eigenvalue weighted by Crippen LogP contribution is 2.17. The van der Waals surface area contributed by atoms with Crippen LogP contribution in [0, 0.1) is 0 Å². The first kappa shape index (κ1) is 14.1. The first-order valence-electron chi connectivity index (χ1n) is 6.51. The molecule has 2 heterocycles. The molecule has 0 bridgehead atoms. The van der Waals surface area contributed by atoms with Crippen LogP contribution in [-0.4, -0.2) is 32.6 Å². The molecular weight excluding hydrogens is 304 g/mol. The van der Waals surface area contributed by atoms with Gasteiger partial charge in [-0.2, -0.15) is 0 Å². The SMILES string of the molecule is c1ccc(OCCSc2nnnn2Cc2cccs2)cc1. The second kappa shape index (κ2) is 7.24. The summed E-state index contributed by atoms with van der Waals surface area (Å²) in [7, 11) is 0. The van der Waals surface area contributed by atoms with Crippen molar-refractivity contribution in [3.63, 3.8) is 0 Å². The molecule has 0 saturated carbocycles. The number of rotatable bonds is 7. The van der Waals surface area contributed by atoms with Crippen LogP contribution in [0.5, 0.6) is 5.75 Å². The van der Waals surface area contributed by atoms with E-state index in [2.05, 4.69) is 27.0 Å². The Kier molecular flexibility index (Phi) is 4.86. The minimum absolute atomic E-state index is 0.626. The Morgan fingerprint density at radius 2 is 2.05 bits per heavy atom. The van der Waals surface area contributed by atoms with Crippen molar-refractivity contribution >= 4 is 23.1 Å². The minimum atomic E-state index is 0.626. The lowest BCUT2D eigenvalue weighted by atomic mass is 10.3. The molecule has 0 aliphatic rings. The fourth-order valence-corrected chi connectivity index (χ4v) is 3.14. The molecular formula is C14H14N4OS2. The van der Waals surface area contributed by atoms with Gasteiger partial charge in [0.05, 0.1) is 13.2 Å². The number of nitrogens with zero attached hydrogens (tertiary/aromatic N) is 4. The highest BCUT2D eigenvalue weighted by atomic mass is 32.2. The molecule has 3 aromatic rings. The first-order chi connectivity index (χ1) is 10.4. The maximum atomic E-state index is 5.65. The van der Waals surface area contributed by atoms with Gasteiger partial charge in [0.2, 0.25) is 5.16 Å². The highest BCUT2D eigenvalue weighted by molar-refractivity contribution is 7.99. The second-order valence-corrected chi connectivity index (χ2v) is 6.30. The molecule has 0 fully saturated rings. The third kappa shape index (κ3) is 4.05. The van der Waals surface area contributed by atoms with Gasteiger partial charge in [0.25, 0.3) is 0 Å². The van der Waals surface area contributed by atoms with Crippen LogP contribution in [0.1, 0.15) is 4.88 Å². The maximum Gasteiger partial charge on any atom is 0.209 e. The van der Waals surface area contributed by atoms with E-state index in [-0.39, 0.29) is 0 Å². The van der Waals surface area contributed by atoms with Gasteiger partial charge in [-0.3, -0.25) is 0 Å². The Labute approximate surface area is 131 Å². The third-order valence-electron chi connectivity index (χ3n) is 2.71. The molecule has 0 N–H and O–H groups in total. The Morgan fingerprint density at radius 3 is 2.86 bits per heavy atom. The topological polar surface area (TPSA) is 52.8 Å². The zero-order valence-corrected chi connectivity index (χ0v) is 12.9. The summed E-state index contributed by atoms with van der Waals surface area (Å²) in [5.74, 6) is 1.69. The van der Waals surface area contributed by atoms with Crippen molar-refractivity contribution < 1.29 is 4.74 Å². The van der Waals surface area contributed by atoms with Gasteiger partial charge in [0.15, 0.2) is 0 Å². The molecule has 21 heavy (non-hydrogen) atoms. The number of hydrogen-bond donors (Lipinski definition) is 0. The van der Waals surface area contributed by atoms with Crippen LogP contribution in [0.4, 0.5) is 0 Å². The van der Waals surface area contributed by atoms with Crippen LogP contribution in [0.15, 0.2) is 53.0 Å². The molecule has 0 aliphatic heterocycles. The summed E-state index contributed by atoms with van der Waals surface area (Å²) in [6.07, 6.45) is 0. The normalized spacial score (nSPS) is 10.7. The van der Waals surface area contributed by atoms with E-state index >= 15 is 0 Å². The zero-order chi connectivity index (χ0) is 14.3. The molecule has 1 aromatic carbocycles. The molecule has 2 aromatic heterocycles. The molecule has 0 saturated heterocycles. The lowest BCUT2D eigenvalue weighted by Crippen LogP contribution is -2.05. The predicted molar refractivity (Wildman–Crippen MR) is 83.9 cm³/mol. The average Bonchev–Trinajstić information content (AvgIpc) is 3.18. The summed E-state index contributed by atoms with van der Waals surface area (Å²) in [5, 5.41) is 14.7. The summed E-state index contributed by atoms with van der Waals surface area (Å²) in [4.78, 5) is 1.24. The number of hydrogen-bond acceptors (Lipinski definition) is 6. The molecule has 0 radical (unpaired) electrons. The number of tetrazole rings is 1. The average molecular weight is 318 g/mol. The van der Waals surface area contributed by atoms with E-state index in [1.165, 1.54) is 4.88 Å². The van der Waals surface area contributed by atoms with Crippen LogP contribution in [0.3, 0.4) is 0 Å². The maximum absolute atomic E-state index is 5.65. The number of para-hydroxylation sites is 1. The summed E-state index contributed by atoms with van der Waals surface area (Å²) in [5.41, 5.74) is 0. The summed E-state index contributed by atoms with van der Waals surface area (Å²) in [6.45, 7) is 1.34. The largest absolute Gasteiger partial charge is 0.493 e. The fraction of sp³-hybridized carbons (Fsp3) is 0.214. The Bertz CT molecular complexity index is 655. The predicted octanol–water partition coefficient (Wildman–Crippen LogP) is 2.95. The van der Waals surface area contributed by atoms with Gasteiger partial charge < -0.3 is 4.74 Å². The van der Waals surface area contributed by atoms with Gasteiger partial charge in [-0.1, -0.05) is 36.0 Å². The molecule has 5 nitrogen and oxygen atoms in total. The van der Waals surface area contributed by atoms with Crippen molar-refractivity contribution in [2.24, 2.45) is 0 Å². The van der Waals surface area contributed by atoms with Gasteiger partial charge >= 0.3 is 0 Å². The number of benzene rings is 1. The Balaban J connectivity index is 1.48. The molecule has 0 aliphatic carbocycles. The molecule has 7 heteroatoms. The molecule has 0 spiro atoms. The lowest BCUT2D eigenvalue weighted by Gasteiger charge is -2.05. The molecule has 0 unspecified atom stereocenters. The monoisotopic (exact) mass is 318 g/mol. The highest BCUT2D eigenvalue weighted by Gasteiger charge is 2.07.